The first-order valence-electron chi connectivity index (χ1n) is 10.5. The van der Waals surface area contributed by atoms with E-state index in [2.05, 4.69) is 6.58 Å². The van der Waals surface area contributed by atoms with Crippen molar-refractivity contribution < 1.29 is 48.7 Å². The maximum Gasteiger partial charge on any atom is 0.334 e. The summed E-state index contributed by atoms with van der Waals surface area (Å²) in [4.78, 5) is 36.9. The highest BCUT2D eigenvalue weighted by Crippen LogP contribution is 2.65. The van der Waals surface area contributed by atoms with Crippen LogP contribution in [0.2, 0.25) is 0 Å². The molecule has 3 N–H and O–H groups in total. The zero-order chi connectivity index (χ0) is 23.6. The third kappa shape index (κ3) is 3.28. The summed E-state index contributed by atoms with van der Waals surface area (Å²) in [6, 6.07) is 0. The van der Waals surface area contributed by atoms with Crippen LogP contribution in [0.25, 0.3) is 0 Å². The first kappa shape index (κ1) is 22.9. The molecule has 2 saturated heterocycles. The van der Waals surface area contributed by atoms with Gasteiger partial charge in [0.15, 0.2) is 0 Å². The maximum absolute atomic E-state index is 12.6. The minimum atomic E-state index is -1.82. The molecule has 2 aliphatic carbocycles. The Hall–Kier alpha value is -2.27. The first-order valence-corrected chi connectivity index (χ1v) is 10.5. The lowest BCUT2D eigenvalue weighted by atomic mass is 9.74. The molecule has 10 heteroatoms. The van der Waals surface area contributed by atoms with E-state index in [1.165, 1.54) is 19.9 Å². The summed E-state index contributed by atoms with van der Waals surface area (Å²) in [7, 11) is 0. The Morgan fingerprint density at radius 2 is 1.94 bits per heavy atom. The average Bonchev–Trinajstić information content (AvgIpc) is 3.26. The molecule has 2 heterocycles. The lowest BCUT2D eigenvalue weighted by Crippen LogP contribution is -2.53. The lowest BCUT2D eigenvalue weighted by molar-refractivity contribution is -0.178. The van der Waals surface area contributed by atoms with Gasteiger partial charge in [0, 0.05) is 36.3 Å². The van der Waals surface area contributed by atoms with Crippen LogP contribution in [0.1, 0.15) is 27.2 Å². The van der Waals surface area contributed by atoms with Crippen molar-refractivity contribution >= 4 is 17.9 Å². The first-order chi connectivity index (χ1) is 15.0. The van der Waals surface area contributed by atoms with Crippen molar-refractivity contribution in [3.63, 3.8) is 0 Å². The number of epoxide rings is 1. The van der Waals surface area contributed by atoms with Gasteiger partial charge in [0.05, 0.1) is 24.7 Å². The number of carbonyl (C=O) groups excluding carboxylic acids is 3. The molecule has 0 amide bonds. The number of hydrogen-bond acceptors (Lipinski definition) is 10. The van der Waals surface area contributed by atoms with Crippen molar-refractivity contribution in [3.8, 4) is 0 Å². The molecule has 0 aromatic rings. The van der Waals surface area contributed by atoms with Crippen LogP contribution >= 0.6 is 0 Å². The van der Waals surface area contributed by atoms with Gasteiger partial charge in [-0.25, -0.2) is 9.59 Å². The van der Waals surface area contributed by atoms with Gasteiger partial charge in [0.1, 0.15) is 30.0 Å². The Kier molecular flexibility index (Phi) is 5.48. The molecule has 2 saturated carbocycles. The van der Waals surface area contributed by atoms with Crippen LogP contribution in [-0.2, 0) is 33.3 Å². The summed E-state index contributed by atoms with van der Waals surface area (Å²) in [5, 5.41) is 30.9. The van der Waals surface area contributed by atoms with Gasteiger partial charge in [0.25, 0.3) is 0 Å². The number of aliphatic hydroxyl groups is 3. The van der Waals surface area contributed by atoms with Gasteiger partial charge >= 0.3 is 17.9 Å². The van der Waals surface area contributed by atoms with E-state index < -0.39 is 77.9 Å². The molecular formula is C22H28O10. The molecule has 176 valence electrons. The lowest BCUT2D eigenvalue weighted by Gasteiger charge is -2.40. The van der Waals surface area contributed by atoms with Crippen LogP contribution in [0.3, 0.4) is 0 Å². The van der Waals surface area contributed by atoms with Crippen molar-refractivity contribution in [2.45, 2.75) is 62.8 Å². The van der Waals surface area contributed by atoms with E-state index in [0.717, 1.165) is 0 Å². The van der Waals surface area contributed by atoms with Crippen LogP contribution in [0.4, 0.5) is 0 Å². The molecule has 2 aliphatic heterocycles. The Morgan fingerprint density at radius 3 is 2.53 bits per heavy atom. The van der Waals surface area contributed by atoms with E-state index in [1.54, 1.807) is 6.92 Å². The van der Waals surface area contributed by atoms with Crippen molar-refractivity contribution in [2.24, 2.45) is 17.8 Å². The van der Waals surface area contributed by atoms with E-state index in [1.807, 2.05) is 0 Å². The monoisotopic (exact) mass is 452 g/mol. The molecule has 0 aromatic heterocycles. The van der Waals surface area contributed by atoms with Gasteiger partial charge in [-0.15, -0.1) is 0 Å². The maximum atomic E-state index is 12.6. The van der Waals surface area contributed by atoms with Gasteiger partial charge in [0.2, 0.25) is 0 Å². The van der Waals surface area contributed by atoms with Gasteiger partial charge < -0.3 is 34.3 Å². The summed E-state index contributed by atoms with van der Waals surface area (Å²) in [6.07, 6.45) is -2.29. The molecule has 0 spiro atoms. The number of hydrogen-bond donors (Lipinski definition) is 3. The van der Waals surface area contributed by atoms with Crippen LogP contribution in [0.5, 0.6) is 0 Å². The normalized spacial score (nSPS) is 44.7. The second-order valence-corrected chi connectivity index (χ2v) is 9.25. The molecule has 4 rings (SSSR count). The molecule has 4 aliphatic rings. The Labute approximate surface area is 184 Å². The van der Waals surface area contributed by atoms with E-state index in [4.69, 9.17) is 24.1 Å². The fraction of sp³-hybridized carbons (Fsp3) is 0.682. The highest BCUT2D eigenvalue weighted by molar-refractivity contribution is 5.92. The minimum absolute atomic E-state index is 0.0919. The minimum Gasteiger partial charge on any atom is -0.459 e. The number of aliphatic hydroxyl groups excluding tert-OH is 2. The Morgan fingerprint density at radius 1 is 1.25 bits per heavy atom. The summed E-state index contributed by atoms with van der Waals surface area (Å²) < 4.78 is 22.6. The highest BCUT2D eigenvalue weighted by Gasteiger charge is 2.80. The van der Waals surface area contributed by atoms with Gasteiger partial charge in [-0.2, -0.15) is 0 Å². The van der Waals surface area contributed by atoms with E-state index in [0.29, 0.717) is 0 Å². The van der Waals surface area contributed by atoms with Crippen molar-refractivity contribution in [1.82, 2.24) is 0 Å². The smallest absolute Gasteiger partial charge is 0.334 e. The number of fused-ring (bicyclic) bond motifs is 5. The summed E-state index contributed by atoms with van der Waals surface area (Å²) in [6.45, 7) is 7.25. The Bertz CT molecular complexity index is 895. The number of rotatable bonds is 5. The third-order valence-corrected chi connectivity index (χ3v) is 7.33. The predicted molar refractivity (Wildman–Crippen MR) is 106 cm³/mol. The molecular weight excluding hydrogens is 424 g/mol. The average molecular weight is 452 g/mol. The van der Waals surface area contributed by atoms with Crippen molar-refractivity contribution in [1.29, 1.82) is 0 Å². The van der Waals surface area contributed by atoms with Crippen molar-refractivity contribution in [3.05, 3.63) is 23.8 Å². The molecule has 0 bridgehead atoms. The van der Waals surface area contributed by atoms with E-state index >= 15 is 0 Å². The topological polar surface area (TPSA) is 152 Å². The highest BCUT2D eigenvalue weighted by atomic mass is 16.7. The van der Waals surface area contributed by atoms with E-state index in [-0.39, 0.29) is 24.2 Å². The second-order valence-electron chi connectivity index (χ2n) is 9.25. The summed E-state index contributed by atoms with van der Waals surface area (Å²) >= 11 is 0. The zero-order valence-corrected chi connectivity index (χ0v) is 18.1. The fourth-order valence-electron chi connectivity index (χ4n) is 5.83. The molecule has 0 radical (unpaired) electrons. The summed E-state index contributed by atoms with van der Waals surface area (Å²) in [5.41, 5.74) is -2.45. The van der Waals surface area contributed by atoms with Crippen LogP contribution < -0.4 is 0 Å². The Balaban J connectivity index is 1.78. The molecule has 10 nitrogen and oxygen atoms in total. The fourth-order valence-corrected chi connectivity index (χ4v) is 5.83. The summed E-state index contributed by atoms with van der Waals surface area (Å²) in [5.74, 6) is -4.22. The molecule has 0 aromatic carbocycles. The molecule has 9 atom stereocenters. The second kappa shape index (κ2) is 7.65. The zero-order valence-electron chi connectivity index (χ0n) is 18.1. The number of esters is 3. The van der Waals surface area contributed by atoms with Crippen LogP contribution in [-0.4, -0.2) is 82.1 Å². The van der Waals surface area contributed by atoms with Crippen LogP contribution in [0.15, 0.2) is 23.8 Å². The number of carbonyl (C=O) groups is 3. The van der Waals surface area contributed by atoms with Gasteiger partial charge in [-0.1, -0.05) is 6.58 Å². The van der Waals surface area contributed by atoms with Crippen LogP contribution in [0, 0.1) is 17.8 Å². The van der Waals surface area contributed by atoms with Gasteiger partial charge in [-0.3, -0.25) is 4.79 Å². The number of ether oxygens (including phenoxy) is 4. The molecule has 32 heavy (non-hydrogen) atoms. The van der Waals surface area contributed by atoms with E-state index in [9.17, 15) is 24.6 Å². The third-order valence-electron chi connectivity index (χ3n) is 7.33. The van der Waals surface area contributed by atoms with Gasteiger partial charge in [-0.05, 0) is 19.9 Å². The largest absolute Gasteiger partial charge is 0.459 e. The SMILES string of the molecule is C=C1C(=O)O[C@H]2[C@H]1[C@H](OC(=O)/C(C)=C/CO)C[C@](O)(CO)[C@@H]1[C@H](OC(C)=O)[C@H]3O[C@@]3(C)[C@H]21. The molecule has 0 unspecified atom stereocenters. The predicted octanol–water partition coefficient (Wildman–Crippen LogP) is -0.603. The quantitative estimate of drug-likeness (QED) is 0.213. The standard InChI is InChI=1S/C22H28O10/c1-9(5-6-23)19(26)30-12-7-22(28,8-24)15-14(16-13(12)10(2)20(27)31-16)21(4)18(32-21)17(15)29-11(3)25/h5,12-18,23-24,28H,2,6-8H2,1,3-4H3/b9-5+/t12-,13-,14+,15+,16+,17+,18-,21+,22+/m1/s1. The van der Waals surface area contributed by atoms with Crippen molar-refractivity contribution in [2.75, 3.05) is 13.2 Å². The molecule has 4 fully saturated rings.